The summed E-state index contributed by atoms with van der Waals surface area (Å²) in [5, 5.41) is 3.37. The van der Waals surface area contributed by atoms with Gasteiger partial charge in [0.1, 0.15) is 0 Å². The molecular weight excluding hydrogens is 214 g/mol. The zero-order valence-corrected chi connectivity index (χ0v) is 11.4. The van der Waals surface area contributed by atoms with Crippen LogP contribution in [0.25, 0.3) is 0 Å². The number of aromatic nitrogens is 2. The fraction of sp³-hybridized carbons (Fsp3) is 0.692. The summed E-state index contributed by atoms with van der Waals surface area (Å²) in [7, 11) is 0. The second kappa shape index (κ2) is 5.96. The maximum Gasteiger partial charge on any atom is 0.232 e. The fourth-order valence-electron chi connectivity index (χ4n) is 1.15. The fourth-order valence-corrected chi connectivity index (χ4v) is 1.15. The molecule has 1 heterocycles. The lowest BCUT2D eigenvalue weighted by molar-refractivity contribution is 0.259. The Morgan fingerprint density at radius 3 is 2.59 bits per heavy atom. The van der Waals surface area contributed by atoms with Crippen LogP contribution in [0, 0.1) is 5.92 Å². The van der Waals surface area contributed by atoms with Crippen molar-refractivity contribution in [1.29, 1.82) is 0 Å². The van der Waals surface area contributed by atoms with Gasteiger partial charge in [0.05, 0.1) is 18.5 Å². The van der Waals surface area contributed by atoms with Gasteiger partial charge in [-0.05, 0) is 26.7 Å². The minimum Gasteiger partial charge on any atom is -0.476 e. The van der Waals surface area contributed by atoms with E-state index in [1.807, 2.05) is 0 Å². The van der Waals surface area contributed by atoms with Crippen molar-refractivity contribution in [3.8, 4) is 5.88 Å². The predicted octanol–water partition coefficient (Wildman–Crippen LogP) is 2.40. The summed E-state index contributed by atoms with van der Waals surface area (Å²) >= 11 is 0. The number of rotatable bonds is 5. The van der Waals surface area contributed by atoms with E-state index in [1.54, 1.807) is 12.4 Å². The van der Waals surface area contributed by atoms with Crippen LogP contribution in [0.2, 0.25) is 0 Å². The molecule has 0 aliphatic heterocycles. The summed E-state index contributed by atoms with van der Waals surface area (Å²) in [6.07, 6.45) is 3.42. The predicted molar refractivity (Wildman–Crippen MR) is 69.0 cm³/mol. The lowest BCUT2D eigenvalue weighted by Crippen LogP contribution is -2.35. The molecule has 1 rings (SSSR count). The van der Waals surface area contributed by atoms with E-state index >= 15 is 0 Å². The summed E-state index contributed by atoms with van der Waals surface area (Å²) in [4.78, 5) is 8.54. The molecule has 0 fully saturated rings. The normalized spacial score (nSPS) is 11.9. The Labute approximate surface area is 104 Å². The molecule has 0 unspecified atom stereocenters. The van der Waals surface area contributed by atoms with Crippen LogP contribution in [0.15, 0.2) is 12.4 Å². The maximum absolute atomic E-state index is 5.54. The molecule has 0 atom stereocenters. The molecule has 1 aromatic rings. The lowest BCUT2D eigenvalue weighted by Gasteiger charge is -2.20. The van der Waals surface area contributed by atoms with Gasteiger partial charge in [-0.25, -0.2) is 4.98 Å². The van der Waals surface area contributed by atoms with E-state index < -0.39 is 0 Å². The molecule has 0 saturated carbocycles. The Kier molecular flexibility index (Phi) is 4.87. The zero-order chi connectivity index (χ0) is 12.9. The quantitative estimate of drug-likeness (QED) is 0.854. The molecule has 4 nitrogen and oxygen atoms in total. The van der Waals surface area contributed by atoms with Gasteiger partial charge in [-0.1, -0.05) is 13.8 Å². The molecule has 0 aliphatic rings. The van der Waals surface area contributed by atoms with Gasteiger partial charge in [0.2, 0.25) is 5.88 Å². The van der Waals surface area contributed by atoms with Crippen molar-refractivity contribution >= 4 is 0 Å². The third-order valence-corrected chi connectivity index (χ3v) is 2.03. The van der Waals surface area contributed by atoms with E-state index in [2.05, 4.69) is 49.9 Å². The number of ether oxygens (including phenoxy) is 1. The van der Waals surface area contributed by atoms with Crippen LogP contribution in [0.4, 0.5) is 0 Å². The SMILES string of the molecule is CC(C)COc1cncc(CNC(C)(C)C)n1. The first-order valence-corrected chi connectivity index (χ1v) is 6.05. The van der Waals surface area contributed by atoms with Crippen LogP contribution >= 0.6 is 0 Å². The Hall–Kier alpha value is -1.16. The molecule has 0 radical (unpaired) electrons. The molecular formula is C13H23N3O. The molecule has 0 aliphatic carbocycles. The van der Waals surface area contributed by atoms with Crippen LogP contribution in [0.5, 0.6) is 5.88 Å². The standard InChI is InChI=1S/C13H23N3O/c1-10(2)9-17-12-8-14-6-11(16-12)7-15-13(3,4)5/h6,8,10,15H,7,9H2,1-5H3. The summed E-state index contributed by atoms with van der Waals surface area (Å²) in [5.74, 6) is 1.10. The average Bonchev–Trinajstić information content (AvgIpc) is 2.23. The second-order valence-electron chi connectivity index (χ2n) is 5.66. The first-order valence-electron chi connectivity index (χ1n) is 6.05. The largest absolute Gasteiger partial charge is 0.476 e. The summed E-state index contributed by atoms with van der Waals surface area (Å²) < 4.78 is 5.54. The molecule has 0 bridgehead atoms. The molecule has 0 aromatic carbocycles. The van der Waals surface area contributed by atoms with E-state index in [0.29, 0.717) is 24.9 Å². The van der Waals surface area contributed by atoms with Gasteiger partial charge in [-0.3, -0.25) is 4.98 Å². The summed E-state index contributed by atoms with van der Waals surface area (Å²) in [5.41, 5.74) is 0.984. The van der Waals surface area contributed by atoms with Gasteiger partial charge in [0, 0.05) is 18.3 Å². The van der Waals surface area contributed by atoms with Crippen LogP contribution in [-0.2, 0) is 6.54 Å². The first kappa shape index (κ1) is 13.9. The van der Waals surface area contributed by atoms with E-state index in [4.69, 9.17) is 4.74 Å². The number of nitrogens with one attached hydrogen (secondary N) is 1. The van der Waals surface area contributed by atoms with Crippen molar-refractivity contribution in [2.45, 2.75) is 46.7 Å². The highest BCUT2D eigenvalue weighted by Crippen LogP contribution is 2.08. The number of nitrogens with zero attached hydrogens (tertiary/aromatic N) is 2. The van der Waals surface area contributed by atoms with Gasteiger partial charge >= 0.3 is 0 Å². The highest BCUT2D eigenvalue weighted by Gasteiger charge is 2.09. The van der Waals surface area contributed by atoms with Gasteiger partial charge in [-0.2, -0.15) is 0 Å². The summed E-state index contributed by atoms with van der Waals surface area (Å²) in [6, 6.07) is 0. The number of hydrogen-bond donors (Lipinski definition) is 1. The second-order valence-corrected chi connectivity index (χ2v) is 5.66. The Morgan fingerprint density at radius 1 is 1.29 bits per heavy atom. The average molecular weight is 237 g/mol. The van der Waals surface area contributed by atoms with Gasteiger partial charge in [0.25, 0.3) is 0 Å². The highest BCUT2D eigenvalue weighted by molar-refractivity contribution is 5.08. The van der Waals surface area contributed by atoms with Gasteiger partial charge in [0.15, 0.2) is 0 Å². The van der Waals surface area contributed by atoms with Crippen molar-refractivity contribution in [2.75, 3.05) is 6.61 Å². The minimum atomic E-state index is 0.0798. The summed E-state index contributed by atoms with van der Waals surface area (Å²) in [6.45, 7) is 12.0. The van der Waals surface area contributed by atoms with E-state index in [-0.39, 0.29) is 5.54 Å². The molecule has 17 heavy (non-hydrogen) atoms. The highest BCUT2D eigenvalue weighted by atomic mass is 16.5. The zero-order valence-electron chi connectivity index (χ0n) is 11.4. The topological polar surface area (TPSA) is 47.0 Å². The van der Waals surface area contributed by atoms with Crippen molar-refractivity contribution in [3.63, 3.8) is 0 Å². The van der Waals surface area contributed by atoms with Crippen LogP contribution in [0.3, 0.4) is 0 Å². The van der Waals surface area contributed by atoms with E-state index in [1.165, 1.54) is 0 Å². The van der Waals surface area contributed by atoms with Crippen molar-refractivity contribution in [3.05, 3.63) is 18.1 Å². The van der Waals surface area contributed by atoms with E-state index in [9.17, 15) is 0 Å². The molecule has 0 spiro atoms. The third-order valence-electron chi connectivity index (χ3n) is 2.03. The van der Waals surface area contributed by atoms with Crippen molar-refractivity contribution < 1.29 is 4.74 Å². The molecule has 0 amide bonds. The lowest BCUT2D eigenvalue weighted by atomic mass is 10.1. The Bertz CT molecular complexity index is 345. The Morgan fingerprint density at radius 2 is 2.00 bits per heavy atom. The maximum atomic E-state index is 5.54. The minimum absolute atomic E-state index is 0.0798. The Balaban J connectivity index is 2.54. The van der Waals surface area contributed by atoms with Crippen molar-refractivity contribution in [1.82, 2.24) is 15.3 Å². The molecule has 96 valence electrons. The van der Waals surface area contributed by atoms with Crippen LogP contribution in [-0.4, -0.2) is 22.1 Å². The van der Waals surface area contributed by atoms with Gasteiger partial charge < -0.3 is 10.1 Å². The smallest absolute Gasteiger partial charge is 0.232 e. The molecule has 1 N–H and O–H groups in total. The molecule has 1 aromatic heterocycles. The monoisotopic (exact) mass is 237 g/mol. The van der Waals surface area contributed by atoms with Gasteiger partial charge in [-0.15, -0.1) is 0 Å². The third kappa shape index (κ3) is 6.22. The van der Waals surface area contributed by atoms with Crippen LogP contribution in [0.1, 0.15) is 40.3 Å². The molecule has 0 saturated heterocycles. The van der Waals surface area contributed by atoms with Crippen molar-refractivity contribution in [2.24, 2.45) is 5.92 Å². The van der Waals surface area contributed by atoms with E-state index in [0.717, 1.165) is 5.69 Å². The van der Waals surface area contributed by atoms with Crippen LogP contribution < -0.4 is 10.1 Å². The molecule has 4 heteroatoms. The first-order chi connectivity index (χ1) is 7.87. The number of hydrogen-bond acceptors (Lipinski definition) is 4.